The number of carboxylic acid groups (broad SMARTS) is 1. The zero-order valence-corrected chi connectivity index (χ0v) is 11.7. The van der Waals surface area contributed by atoms with Crippen LogP contribution in [0.2, 0.25) is 0 Å². The van der Waals surface area contributed by atoms with Crippen molar-refractivity contribution in [2.45, 2.75) is 32.2 Å². The van der Waals surface area contributed by atoms with Crippen molar-refractivity contribution in [3.05, 3.63) is 35.4 Å². The number of likely N-dealkylation sites (tertiary alicyclic amines) is 1. The number of hydrogen-bond acceptors (Lipinski definition) is 2. The molecule has 0 aliphatic carbocycles. The highest BCUT2D eigenvalue weighted by Gasteiger charge is 2.32. The second-order valence-corrected chi connectivity index (χ2v) is 5.42. The van der Waals surface area contributed by atoms with Crippen LogP contribution < -0.4 is 0 Å². The molecule has 1 N–H and O–H groups in total. The number of carbonyl (C=O) groups is 2. The van der Waals surface area contributed by atoms with E-state index in [0.717, 1.165) is 12.1 Å². The minimum absolute atomic E-state index is 0.0726. The Labute approximate surface area is 121 Å². The second kappa shape index (κ2) is 6.20. The first-order valence-electron chi connectivity index (χ1n) is 6.84. The van der Waals surface area contributed by atoms with Crippen LogP contribution in [0.25, 0.3) is 0 Å². The molecule has 1 heterocycles. The van der Waals surface area contributed by atoms with Crippen molar-refractivity contribution in [2.75, 3.05) is 6.54 Å². The number of nitrogens with zero attached hydrogens (tertiary/aromatic N) is 1. The Morgan fingerprint density at radius 1 is 1.33 bits per heavy atom. The molecular formula is C15H17F2NO3. The molecule has 1 fully saturated rings. The molecule has 114 valence electrons. The molecule has 4 nitrogen and oxygen atoms in total. The Morgan fingerprint density at radius 3 is 2.67 bits per heavy atom. The van der Waals surface area contributed by atoms with Crippen LogP contribution in [0, 0.1) is 17.6 Å². The molecule has 0 saturated carbocycles. The highest BCUT2D eigenvalue weighted by Crippen LogP contribution is 2.23. The first-order valence-corrected chi connectivity index (χ1v) is 6.84. The zero-order chi connectivity index (χ0) is 15.6. The summed E-state index contributed by atoms with van der Waals surface area (Å²) in [5.74, 6) is -3.29. The van der Waals surface area contributed by atoms with Gasteiger partial charge in [-0.3, -0.25) is 9.59 Å². The maximum atomic E-state index is 13.6. The van der Waals surface area contributed by atoms with E-state index in [0.29, 0.717) is 12.8 Å². The van der Waals surface area contributed by atoms with E-state index < -0.39 is 23.5 Å². The van der Waals surface area contributed by atoms with E-state index in [4.69, 9.17) is 5.11 Å². The van der Waals surface area contributed by atoms with Crippen molar-refractivity contribution >= 4 is 11.9 Å². The summed E-state index contributed by atoms with van der Waals surface area (Å²) in [6.45, 7) is 1.98. The average molecular weight is 297 g/mol. The van der Waals surface area contributed by atoms with Gasteiger partial charge >= 0.3 is 5.97 Å². The van der Waals surface area contributed by atoms with Gasteiger partial charge in [0.15, 0.2) is 0 Å². The second-order valence-electron chi connectivity index (χ2n) is 5.42. The van der Waals surface area contributed by atoms with Gasteiger partial charge in [-0.2, -0.15) is 0 Å². The average Bonchev–Trinajstić information content (AvgIpc) is 2.42. The fourth-order valence-electron chi connectivity index (χ4n) is 2.59. The largest absolute Gasteiger partial charge is 0.481 e. The number of halogens is 2. The SMILES string of the molecule is CC1CCC(C(=O)O)CN1C(=O)Cc1ccc(F)cc1F. The van der Waals surface area contributed by atoms with E-state index in [1.165, 1.54) is 11.0 Å². The fraction of sp³-hybridized carbons (Fsp3) is 0.467. The van der Waals surface area contributed by atoms with Crippen molar-refractivity contribution in [1.29, 1.82) is 0 Å². The minimum Gasteiger partial charge on any atom is -0.481 e. The molecule has 1 aliphatic heterocycles. The smallest absolute Gasteiger partial charge is 0.308 e. The van der Waals surface area contributed by atoms with Crippen molar-refractivity contribution in [3.63, 3.8) is 0 Å². The van der Waals surface area contributed by atoms with Gasteiger partial charge in [0, 0.05) is 18.7 Å². The summed E-state index contributed by atoms with van der Waals surface area (Å²) in [6.07, 6.45) is 0.947. The van der Waals surface area contributed by atoms with E-state index in [2.05, 4.69) is 0 Å². The quantitative estimate of drug-likeness (QED) is 0.930. The number of hydrogen-bond donors (Lipinski definition) is 1. The molecule has 6 heteroatoms. The zero-order valence-electron chi connectivity index (χ0n) is 11.7. The van der Waals surface area contributed by atoms with Gasteiger partial charge in [-0.15, -0.1) is 0 Å². The molecule has 2 unspecified atom stereocenters. The highest BCUT2D eigenvalue weighted by molar-refractivity contribution is 5.80. The van der Waals surface area contributed by atoms with Crippen LogP contribution in [0.4, 0.5) is 8.78 Å². The third-order valence-corrected chi connectivity index (χ3v) is 3.91. The molecule has 1 amide bonds. The lowest BCUT2D eigenvalue weighted by Gasteiger charge is -2.36. The first kappa shape index (κ1) is 15.4. The normalized spacial score (nSPS) is 22.1. The van der Waals surface area contributed by atoms with Crippen molar-refractivity contribution < 1.29 is 23.5 Å². The summed E-state index contributed by atoms with van der Waals surface area (Å²) >= 11 is 0. The number of amides is 1. The van der Waals surface area contributed by atoms with Gasteiger partial charge in [0.1, 0.15) is 11.6 Å². The van der Waals surface area contributed by atoms with Crippen LogP contribution in [0.15, 0.2) is 18.2 Å². The summed E-state index contributed by atoms with van der Waals surface area (Å²) in [5.41, 5.74) is 0.117. The summed E-state index contributed by atoms with van der Waals surface area (Å²) < 4.78 is 26.4. The summed E-state index contributed by atoms with van der Waals surface area (Å²) in [6, 6.07) is 3.01. The maximum Gasteiger partial charge on any atom is 0.308 e. The molecule has 1 aromatic rings. The van der Waals surface area contributed by atoms with Crippen molar-refractivity contribution in [1.82, 2.24) is 4.90 Å². The standard InChI is InChI=1S/C15H17F2NO3/c1-9-2-3-11(15(20)21)8-18(9)14(19)6-10-4-5-12(16)7-13(10)17/h4-5,7,9,11H,2-3,6,8H2,1H3,(H,20,21). The Kier molecular flexibility index (Phi) is 4.55. The van der Waals surface area contributed by atoms with Gasteiger partial charge in [-0.25, -0.2) is 8.78 Å². The van der Waals surface area contributed by atoms with Crippen molar-refractivity contribution in [3.8, 4) is 0 Å². The van der Waals surface area contributed by atoms with E-state index >= 15 is 0 Å². The predicted octanol–water partition coefficient (Wildman–Crippen LogP) is 2.22. The van der Waals surface area contributed by atoms with Gasteiger partial charge in [0.25, 0.3) is 0 Å². The predicted molar refractivity (Wildman–Crippen MR) is 71.6 cm³/mol. The Hall–Kier alpha value is -1.98. The summed E-state index contributed by atoms with van der Waals surface area (Å²) in [4.78, 5) is 24.8. The number of aliphatic carboxylic acids is 1. The molecule has 0 radical (unpaired) electrons. The molecule has 2 rings (SSSR count). The van der Waals surface area contributed by atoms with Crippen LogP contribution in [0.3, 0.4) is 0 Å². The highest BCUT2D eigenvalue weighted by atomic mass is 19.1. The van der Waals surface area contributed by atoms with Crippen LogP contribution in [-0.2, 0) is 16.0 Å². The number of carboxylic acids is 1. The summed E-state index contributed by atoms with van der Waals surface area (Å²) in [7, 11) is 0. The number of carbonyl (C=O) groups excluding carboxylic acids is 1. The van der Waals surface area contributed by atoms with Crippen molar-refractivity contribution in [2.24, 2.45) is 5.92 Å². The van der Waals surface area contributed by atoms with E-state index in [1.54, 1.807) is 0 Å². The van der Waals surface area contributed by atoms with Gasteiger partial charge in [0.05, 0.1) is 12.3 Å². The van der Waals surface area contributed by atoms with Gasteiger partial charge in [-0.05, 0) is 31.4 Å². The van der Waals surface area contributed by atoms with Crippen LogP contribution >= 0.6 is 0 Å². The fourth-order valence-corrected chi connectivity index (χ4v) is 2.59. The Morgan fingerprint density at radius 2 is 2.05 bits per heavy atom. The molecule has 1 aliphatic rings. The van der Waals surface area contributed by atoms with Gasteiger partial charge in [0.2, 0.25) is 5.91 Å². The molecule has 0 aromatic heterocycles. The van der Waals surface area contributed by atoms with Gasteiger partial charge < -0.3 is 10.0 Å². The lowest BCUT2D eigenvalue weighted by atomic mass is 9.93. The molecular weight excluding hydrogens is 280 g/mol. The third kappa shape index (κ3) is 3.56. The number of piperidine rings is 1. The maximum absolute atomic E-state index is 13.6. The van der Waals surface area contributed by atoms with E-state index in [-0.39, 0.29) is 30.5 Å². The van der Waals surface area contributed by atoms with Gasteiger partial charge in [-0.1, -0.05) is 6.07 Å². The number of benzene rings is 1. The number of rotatable bonds is 3. The molecule has 0 bridgehead atoms. The molecule has 21 heavy (non-hydrogen) atoms. The lowest BCUT2D eigenvalue weighted by molar-refractivity contribution is -0.147. The van der Waals surface area contributed by atoms with Crippen LogP contribution in [-0.4, -0.2) is 34.5 Å². The Balaban J connectivity index is 2.09. The van der Waals surface area contributed by atoms with Crippen LogP contribution in [0.1, 0.15) is 25.3 Å². The molecule has 1 aromatic carbocycles. The minimum atomic E-state index is -0.923. The molecule has 0 spiro atoms. The van der Waals surface area contributed by atoms with E-state index in [1.807, 2.05) is 6.92 Å². The van der Waals surface area contributed by atoms with Crippen LogP contribution in [0.5, 0.6) is 0 Å². The lowest BCUT2D eigenvalue weighted by Crippen LogP contribution is -2.48. The Bertz CT molecular complexity index is 562. The molecule has 2 atom stereocenters. The topological polar surface area (TPSA) is 57.6 Å². The first-order chi connectivity index (χ1) is 9.88. The third-order valence-electron chi connectivity index (χ3n) is 3.91. The van der Waals surface area contributed by atoms with E-state index in [9.17, 15) is 18.4 Å². The summed E-state index contributed by atoms with van der Waals surface area (Å²) in [5, 5.41) is 9.05. The molecule has 1 saturated heterocycles. The monoisotopic (exact) mass is 297 g/mol.